The standard InChI is InChI=1S/C28H40O3/c1-16-6-9-28(30-15-16)17(2)25-23(31-28)13-22-20-5-4-18-12-24(29)27(10-11-27)14-21(18)19(20)7-8-26(22,25)3/h12,16-17,19-23,25H,4-11,13-15H2,1-3H3/t16-,17+,19+,20-,21+,22+,23+,25+,26+,28-/m1/s1. The van der Waals surface area contributed by atoms with Gasteiger partial charge in [0.25, 0.3) is 0 Å². The minimum absolute atomic E-state index is 0.0719. The Morgan fingerprint density at radius 2 is 1.87 bits per heavy atom. The summed E-state index contributed by atoms with van der Waals surface area (Å²) in [4.78, 5) is 12.7. The molecule has 0 N–H and O–H groups in total. The zero-order chi connectivity index (χ0) is 21.2. The number of ketones is 1. The molecule has 7 aliphatic rings. The van der Waals surface area contributed by atoms with Crippen LogP contribution in [0.4, 0.5) is 0 Å². The largest absolute Gasteiger partial charge is 0.349 e. The van der Waals surface area contributed by atoms with E-state index in [2.05, 4.69) is 26.8 Å². The van der Waals surface area contributed by atoms with Crippen LogP contribution in [0.15, 0.2) is 11.6 Å². The van der Waals surface area contributed by atoms with Crippen molar-refractivity contribution in [3.63, 3.8) is 0 Å². The molecule has 10 atom stereocenters. The molecule has 0 amide bonds. The number of carbonyl (C=O) groups is 1. The Morgan fingerprint density at radius 1 is 1.03 bits per heavy atom. The number of allylic oxidation sites excluding steroid dienone is 1. The Morgan fingerprint density at radius 3 is 2.61 bits per heavy atom. The van der Waals surface area contributed by atoms with Crippen LogP contribution in [0, 0.1) is 52.3 Å². The predicted molar refractivity (Wildman–Crippen MR) is 119 cm³/mol. The minimum Gasteiger partial charge on any atom is -0.349 e. The molecule has 2 spiro atoms. The molecule has 2 saturated heterocycles. The van der Waals surface area contributed by atoms with Crippen LogP contribution in [0.3, 0.4) is 0 Å². The van der Waals surface area contributed by atoms with E-state index in [1.165, 1.54) is 50.5 Å². The summed E-state index contributed by atoms with van der Waals surface area (Å²) in [6, 6.07) is 0. The second-order valence-corrected chi connectivity index (χ2v) is 13.2. The van der Waals surface area contributed by atoms with Gasteiger partial charge >= 0.3 is 0 Å². The number of ether oxygens (including phenoxy) is 2. The van der Waals surface area contributed by atoms with E-state index in [-0.39, 0.29) is 11.2 Å². The van der Waals surface area contributed by atoms with Crippen molar-refractivity contribution < 1.29 is 14.3 Å². The second kappa shape index (κ2) is 6.26. The summed E-state index contributed by atoms with van der Waals surface area (Å²) in [5.74, 6) is 5.19. The molecule has 6 fully saturated rings. The molecule has 170 valence electrons. The van der Waals surface area contributed by atoms with E-state index in [1.807, 2.05) is 0 Å². The fourth-order valence-corrected chi connectivity index (χ4v) is 9.95. The van der Waals surface area contributed by atoms with Crippen LogP contribution in [0.1, 0.15) is 85.0 Å². The van der Waals surface area contributed by atoms with E-state index in [1.54, 1.807) is 0 Å². The van der Waals surface area contributed by atoms with E-state index in [9.17, 15) is 4.79 Å². The highest BCUT2D eigenvalue weighted by Gasteiger charge is 2.68. The first-order valence-electron chi connectivity index (χ1n) is 13.4. The van der Waals surface area contributed by atoms with Crippen molar-refractivity contribution in [3.8, 4) is 0 Å². The van der Waals surface area contributed by atoms with Gasteiger partial charge in [-0.3, -0.25) is 4.79 Å². The predicted octanol–water partition coefficient (Wildman–Crippen LogP) is 5.92. The third-order valence-electron chi connectivity index (χ3n) is 11.8. The maximum atomic E-state index is 12.7. The number of rotatable bonds is 0. The average Bonchev–Trinajstić information content (AvgIpc) is 3.39. The fourth-order valence-electron chi connectivity index (χ4n) is 9.95. The molecule has 2 aliphatic heterocycles. The Labute approximate surface area is 187 Å². The molecule has 0 aromatic carbocycles. The number of hydrogen-bond acceptors (Lipinski definition) is 3. The Hall–Kier alpha value is -0.670. The lowest BCUT2D eigenvalue weighted by Crippen LogP contribution is -2.50. The quantitative estimate of drug-likeness (QED) is 0.484. The molecule has 31 heavy (non-hydrogen) atoms. The van der Waals surface area contributed by atoms with Crippen molar-refractivity contribution in [3.05, 3.63) is 11.6 Å². The van der Waals surface area contributed by atoms with Gasteiger partial charge in [0.05, 0.1) is 12.7 Å². The van der Waals surface area contributed by atoms with Crippen LogP contribution in [0.2, 0.25) is 0 Å². The van der Waals surface area contributed by atoms with Crippen molar-refractivity contribution >= 4 is 5.78 Å². The summed E-state index contributed by atoms with van der Waals surface area (Å²) < 4.78 is 13.4. The van der Waals surface area contributed by atoms with E-state index >= 15 is 0 Å². The molecular formula is C28H40O3. The zero-order valence-corrected chi connectivity index (χ0v) is 19.7. The molecule has 7 rings (SSSR count). The summed E-state index contributed by atoms with van der Waals surface area (Å²) in [5, 5.41) is 0. The highest BCUT2D eigenvalue weighted by molar-refractivity contribution is 5.98. The molecule has 2 heterocycles. The summed E-state index contributed by atoms with van der Waals surface area (Å²) in [6.07, 6.45) is 14.8. The van der Waals surface area contributed by atoms with Crippen LogP contribution in [0.5, 0.6) is 0 Å². The Kier molecular flexibility index (Phi) is 3.99. The van der Waals surface area contributed by atoms with Crippen molar-refractivity contribution in [2.24, 2.45) is 52.3 Å². The lowest BCUT2D eigenvalue weighted by atomic mass is 9.49. The average molecular weight is 425 g/mol. The van der Waals surface area contributed by atoms with Gasteiger partial charge in [0.15, 0.2) is 11.6 Å². The first-order valence-corrected chi connectivity index (χ1v) is 13.4. The summed E-state index contributed by atoms with van der Waals surface area (Å²) in [6.45, 7) is 8.25. The third-order valence-corrected chi connectivity index (χ3v) is 11.8. The van der Waals surface area contributed by atoms with Crippen molar-refractivity contribution in [1.82, 2.24) is 0 Å². The summed E-state index contributed by atoms with van der Waals surface area (Å²) in [5.41, 5.74) is 2.01. The van der Waals surface area contributed by atoms with Crippen molar-refractivity contribution in [2.45, 2.75) is 96.9 Å². The van der Waals surface area contributed by atoms with Gasteiger partial charge in [-0.1, -0.05) is 26.3 Å². The maximum absolute atomic E-state index is 12.7. The molecule has 4 saturated carbocycles. The van der Waals surface area contributed by atoms with Crippen LogP contribution in [0.25, 0.3) is 0 Å². The SMILES string of the molecule is C[C@@H]1CC[C@@]2(OC1)O[C@H]1C[C@H]3[C@@H]4CCC5=CC(=O)C6(CC6)C[C@@H]5[C@H]4CC[C@]3(C)[C@H]1[C@@H]2C. The first-order chi connectivity index (χ1) is 14.9. The Balaban J connectivity index is 1.16. The second-order valence-electron chi connectivity index (χ2n) is 13.2. The normalized spacial score (nSPS) is 56.6. The van der Waals surface area contributed by atoms with Gasteiger partial charge in [0.2, 0.25) is 0 Å². The van der Waals surface area contributed by atoms with Gasteiger partial charge in [0, 0.05) is 17.8 Å². The van der Waals surface area contributed by atoms with Crippen molar-refractivity contribution in [1.29, 1.82) is 0 Å². The van der Waals surface area contributed by atoms with E-state index in [0.717, 1.165) is 43.6 Å². The first kappa shape index (κ1) is 19.8. The molecular weight excluding hydrogens is 384 g/mol. The molecule has 3 heteroatoms. The highest BCUT2D eigenvalue weighted by atomic mass is 16.7. The molecule has 0 bridgehead atoms. The van der Waals surface area contributed by atoms with Gasteiger partial charge in [-0.15, -0.1) is 0 Å². The number of hydrogen-bond donors (Lipinski definition) is 0. The molecule has 5 aliphatic carbocycles. The minimum atomic E-state index is -0.294. The van der Waals surface area contributed by atoms with Crippen LogP contribution < -0.4 is 0 Å². The van der Waals surface area contributed by atoms with Crippen molar-refractivity contribution in [2.75, 3.05) is 6.61 Å². The topological polar surface area (TPSA) is 35.5 Å². The number of fused-ring (bicyclic) bond motifs is 7. The summed E-state index contributed by atoms with van der Waals surface area (Å²) >= 11 is 0. The summed E-state index contributed by atoms with van der Waals surface area (Å²) in [7, 11) is 0. The van der Waals surface area contributed by atoms with E-state index in [4.69, 9.17) is 9.47 Å². The highest BCUT2D eigenvalue weighted by Crippen LogP contribution is 2.70. The fraction of sp³-hybridized carbons (Fsp3) is 0.893. The van der Waals surface area contributed by atoms with Gasteiger partial charge in [-0.25, -0.2) is 0 Å². The molecule has 3 nitrogen and oxygen atoms in total. The molecule has 0 aromatic heterocycles. The van der Waals surface area contributed by atoms with Gasteiger partial charge in [-0.05, 0) is 105 Å². The molecule has 0 aromatic rings. The van der Waals surface area contributed by atoms with Gasteiger partial charge in [-0.2, -0.15) is 0 Å². The monoisotopic (exact) mass is 424 g/mol. The number of carbonyl (C=O) groups excluding carboxylic acids is 1. The molecule has 0 unspecified atom stereocenters. The zero-order valence-electron chi connectivity index (χ0n) is 19.7. The van der Waals surface area contributed by atoms with E-state index < -0.39 is 0 Å². The maximum Gasteiger partial charge on any atom is 0.171 e. The van der Waals surface area contributed by atoms with Crippen LogP contribution >= 0.6 is 0 Å². The van der Waals surface area contributed by atoms with Crippen LogP contribution in [-0.2, 0) is 14.3 Å². The van der Waals surface area contributed by atoms with Gasteiger partial charge in [0.1, 0.15) is 0 Å². The third kappa shape index (κ3) is 2.52. The Bertz CT molecular complexity index is 831. The van der Waals surface area contributed by atoms with Crippen LogP contribution in [-0.4, -0.2) is 24.3 Å². The lowest BCUT2D eigenvalue weighted by Gasteiger charge is -2.55. The smallest absolute Gasteiger partial charge is 0.171 e. The lowest BCUT2D eigenvalue weighted by molar-refractivity contribution is -0.272. The van der Waals surface area contributed by atoms with Gasteiger partial charge < -0.3 is 9.47 Å². The molecule has 0 radical (unpaired) electrons. The van der Waals surface area contributed by atoms with E-state index in [0.29, 0.717) is 41.0 Å².